The van der Waals surface area contributed by atoms with Crippen LogP contribution in [0, 0.1) is 12.5 Å². The van der Waals surface area contributed by atoms with Crippen molar-refractivity contribution in [2.45, 2.75) is 50.9 Å². The Hall–Kier alpha value is -3.90. The quantitative estimate of drug-likeness (QED) is 0.215. The highest BCUT2D eigenvalue weighted by atomic mass is 19.4. The monoisotopic (exact) mass is 562 g/mol. The number of benzene rings is 2. The molecule has 5 rings (SSSR count). The van der Waals surface area contributed by atoms with Crippen molar-refractivity contribution >= 4 is 17.2 Å². The van der Waals surface area contributed by atoms with E-state index in [9.17, 15) is 18.0 Å². The summed E-state index contributed by atoms with van der Waals surface area (Å²) in [7, 11) is 0. The van der Waals surface area contributed by atoms with Crippen LogP contribution in [0.25, 0.3) is 4.85 Å². The molecule has 0 N–H and O–H groups in total. The number of rotatable bonds is 8. The van der Waals surface area contributed by atoms with Gasteiger partial charge in [-0.3, -0.25) is 14.7 Å². The van der Waals surface area contributed by atoms with Gasteiger partial charge in [-0.1, -0.05) is 24.3 Å². The normalized spacial score (nSPS) is 17.3. The van der Waals surface area contributed by atoms with Crippen LogP contribution in [0.4, 0.5) is 24.5 Å². The van der Waals surface area contributed by atoms with Crippen LogP contribution in [0.2, 0.25) is 0 Å². The summed E-state index contributed by atoms with van der Waals surface area (Å²) in [5.41, 5.74) is 2.53. The van der Waals surface area contributed by atoms with Crippen molar-refractivity contribution in [1.82, 2.24) is 9.88 Å². The number of halogens is 3. The SMILES string of the molecule is [C-]#[N+]c1ccc(CN2CCC(CC(=O)c3cncc(OC4CCN(c5ccc(C(F)(F)F)cc5)CC4)c3)CC2)cc1. The van der Waals surface area contributed by atoms with Crippen LogP contribution < -0.4 is 9.64 Å². The molecule has 2 aliphatic rings. The average molecular weight is 563 g/mol. The highest BCUT2D eigenvalue weighted by Crippen LogP contribution is 2.32. The topological polar surface area (TPSA) is 50.0 Å². The first-order chi connectivity index (χ1) is 19.8. The number of piperidine rings is 2. The van der Waals surface area contributed by atoms with Crippen LogP contribution in [-0.2, 0) is 12.7 Å². The zero-order valence-corrected chi connectivity index (χ0v) is 22.8. The molecule has 3 heterocycles. The number of carbonyl (C=O) groups excluding carboxylic acids is 1. The number of hydrogen-bond donors (Lipinski definition) is 0. The smallest absolute Gasteiger partial charge is 0.416 e. The molecule has 2 saturated heterocycles. The first-order valence-corrected chi connectivity index (χ1v) is 14.0. The van der Waals surface area contributed by atoms with Crippen molar-refractivity contribution < 1.29 is 22.7 Å². The van der Waals surface area contributed by atoms with E-state index >= 15 is 0 Å². The van der Waals surface area contributed by atoms with Crippen molar-refractivity contribution in [2.24, 2.45) is 5.92 Å². The molecule has 9 heteroatoms. The summed E-state index contributed by atoms with van der Waals surface area (Å²) >= 11 is 0. The molecule has 41 heavy (non-hydrogen) atoms. The second-order valence-corrected chi connectivity index (χ2v) is 10.9. The van der Waals surface area contributed by atoms with E-state index in [-0.39, 0.29) is 11.9 Å². The van der Waals surface area contributed by atoms with Gasteiger partial charge in [0.25, 0.3) is 0 Å². The highest BCUT2D eigenvalue weighted by Gasteiger charge is 2.30. The summed E-state index contributed by atoms with van der Waals surface area (Å²) < 4.78 is 44.7. The van der Waals surface area contributed by atoms with Crippen LogP contribution >= 0.6 is 0 Å². The van der Waals surface area contributed by atoms with Gasteiger partial charge in [0.15, 0.2) is 11.5 Å². The molecule has 6 nitrogen and oxygen atoms in total. The van der Waals surface area contributed by atoms with Crippen LogP contribution in [-0.4, -0.2) is 48.0 Å². The van der Waals surface area contributed by atoms with Gasteiger partial charge in [0.2, 0.25) is 0 Å². The van der Waals surface area contributed by atoms with Gasteiger partial charge in [0.05, 0.1) is 18.3 Å². The third-order valence-corrected chi connectivity index (χ3v) is 7.99. The average Bonchev–Trinajstić information content (AvgIpc) is 2.99. The molecule has 0 amide bonds. The third kappa shape index (κ3) is 7.65. The Kier molecular flexibility index (Phi) is 8.89. The van der Waals surface area contributed by atoms with Gasteiger partial charge in [-0.25, -0.2) is 4.85 Å². The van der Waals surface area contributed by atoms with Gasteiger partial charge < -0.3 is 9.64 Å². The van der Waals surface area contributed by atoms with Crippen LogP contribution in [0.1, 0.15) is 53.6 Å². The Bertz CT molecular complexity index is 1350. The van der Waals surface area contributed by atoms with Gasteiger partial charge >= 0.3 is 6.18 Å². The van der Waals surface area contributed by atoms with E-state index in [4.69, 9.17) is 11.3 Å². The molecular weight excluding hydrogens is 529 g/mol. The second kappa shape index (κ2) is 12.7. The molecule has 0 radical (unpaired) electrons. The number of aromatic nitrogens is 1. The standard InChI is InChI=1S/C32H33F3N4O2/c1-36-27-6-2-24(3-7-27)22-38-14-10-23(11-15-38)18-31(40)25-19-30(21-37-20-25)41-29-12-16-39(17-13-29)28-8-4-26(5-9-28)32(33,34)35/h2-9,19-21,23,29H,10-18,22H2. The van der Waals surface area contributed by atoms with E-state index in [1.165, 1.54) is 17.7 Å². The molecule has 0 bridgehead atoms. The predicted molar refractivity (Wildman–Crippen MR) is 151 cm³/mol. The Labute approximate surface area is 238 Å². The van der Waals surface area contributed by atoms with Gasteiger partial charge in [-0.05, 0) is 67.7 Å². The maximum atomic E-state index is 13.1. The molecule has 0 spiro atoms. The minimum absolute atomic E-state index is 0.0465. The van der Waals surface area contributed by atoms with E-state index in [0.717, 1.165) is 63.1 Å². The zero-order chi connectivity index (χ0) is 28.8. The van der Waals surface area contributed by atoms with Crippen molar-refractivity contribution in [3.05, 3.63) is 95.1 Å². The lowest BCUT2D eigenvalue weighted by atomic mass is 9.90. The first-order valence-electron chi connectivity index (χ1n) is 14.0. The summed E-state index contributed by atoms with van der Waals surface area (Å²) in [6.45, 7) is 11.2. The summed E-state index contributed by atoms with van der Waals surface area (Å²) in [5, 5.41) is 0. The van der Waals surface area contributed by atoms with Crippen molar-refractivity contribution in [3.8, 4) is 5.75 Å². The molecule has 1 aromatic heterocycles. The van der Waals surface area contributed by atoms with Crippen LogP contribution in [0.5, 0.6) is 5.75 Å². The summed E-state index contributed by atoms with van der Waals surface area (Å²) in [6.07, 6.45) is 2.71. The molecule has 3 aromatic rings. The van der Waals surface area contributed by atoms with Gasteiger partial charge in [0.1, 0.15) is 11.9 Å². The molecule has 0 unspecified atom stereocenters. The summed E-state index contributed by atoms with van der Waals surface area (Å²) in [5.74, 6) is 0.985. The first kappa shape index (κ1) is 28.6. The summed E-state index contributed by atoms with van der Waals surface area (Å²) in [4.78, 5) is 25.2. The Morgan fingerprint density at radius 1 is 0.951 bits per heavy atom. The molecule has 0 atom stereocenters. The highest BCUT2D eigenvalue weighted by molar-refractivity contribution is 5.96. The minimum Gasteiger partial charge on any atom is -0.489 e. The van der Waals surface area contributed by atoms with Gasteiger partial charge in [-0.2, -0.15) is 13.2 Å². The number of hydrogen-bond acceptors (Lipinski definition) is 5. The Balaban J connectivity index is 1.07. The van der Waals surface area contributed by atoms with E-state index in [2.05, 4.69) is 19.6 Å². The molecule has 214 valence electrons. The lowest BCUT2D eigenvalue weighted by Gasteiger charge is -2.33. The van der Waals surface area contributed by atoms with Crippen molar-refractivity contribution in [2.75, 3.05) is 31.1 Å². The number of ketones is 1. The fourth-order valence-electron chi connectivity index (χ4n) is 5.58. The number of Topliss-reactive ketones (excluding diaryl/α,β-unsaturated/α-hetero) is 1. The van der Waals surface area contributed by atoms with Crippen LogP contribution in [0.15, 0.2) is 67.0 Å². The number of carbonyl (C=O) groups is 1. The number of likely N-dealkylation sites (tertiary alicyclic amines) is 1. The van der Waals surface area contributed by atoms with Gasteiger partial charge in [-0.15, -0.1) is 0 Å². The molecule has 0 aliphatic carbocycles. The van der Waals surface area contributed by atoms with E-state index < -0.39 is 11.7 Å². The molecule has 2 aromatic carbocycles. The van der Waals surface area contributed by atoms with E-state index in [0.29, 0.717) is 42.4 Å². The number of alkyl halides is 3. The van der Waals surface area contributed by atoms with Crippen molar-refractivity contribution in [3.63, 3.8) is 0 Å². The summed E-state index contributed by atoms with van der Waals surface area (Å²) in [6, 6.07) is 14.8. The number of ether oxygens (including phenoxy) is 1. The number of nitrogens with zero attached hydrogens (tertiary/aromatic N) is 4. The fourth-order valence-corrected chi connectivity index (χ4v) is 5.58. The predicted octanol–water partition coefficient (Wildman–Crippen LogP) is 7.18. The Morgan fingerprint density at radius 3 is 2.27 bits per heavy atom. The number of pyridine rings is 1. The lowest BCUT2D eigenvalue weighted by molar-refractivity contribution is -0.137. The number of anilines is 1. The van der Waals surface area contributed by atoms with E-state index in [1.54, 1.807) is 18.5 Å². The third-order valence-electron chi connectivity index (χ3n) is 7.99. The maximum absolute atomic E-state index is 13.1. The molecule has 2 fully saturated rings. The van der Waals surface area contributed by atoms with Gasteiger partial charge in [0, 0.05) is 56.3 Å². The molecule has 2 aliphatic heterocycles. The Morgan fingerprint density at radius 2 is 1.63 bits per heavy atom. The fraction of sp³-hybridized carbons (Fsp3) is 0.406. The van der Waals surface area contributed by atoms with E-state index in [1.807, 2.05) is 24.3 Å². The largest absolute Gasteiger partial charge is 0.489 e. The second-order valence-electron chi connectivity index (χ2n) is 10.9. The maximum Gasteiger partial charge on any atom is 0.416 e. The molecule has 0 saturated carbocycles. The lowest BCUT2D eigenvalue weighted by Crippen LogP contribution is -2.38. The van der Waals surface area contributed by atoms with Crippen LogP contribution in [0.3, 0.4) is 0 Å². The molecular formula is C32H33F3N4O2. The minimum atomic E-state index is -4.34. The zero-order valence-electron chi connectivity index (χ0n) is 22.8. The van der Waals surface area contributed by atoms with Crippen molar-refractivity contribution in [1.29, 1.82) is 0 Å².